The molecule has 342 valence electrons. The minimum absolute atomic E-state index is 0.0109. The van der Waals surface area contributed by atoms with Gasteiger partial charge in [0, 0.05) is 67.2 Å². The number of para-hydroxylation sites is 1. The minimum atomic E-state index is -4.38. The first-order valence-corrected chi connectivity index (χ1v) is 24.3. The number of anilines is 2. The third-order valence-corrected chi connectivity index (χ3v) is 14.2. The van der Waals surface area contributed by atoms with Crippen molar-refractivity contribution in [2.75, 3.05) is 37.9 Å². The molecule has 1 saturated carbocycles. The van der Waals surface area contributed by atoms with E-state index in [1.54, 1.807) is 43.5 Å². The molecular weight excluding hydrogens is 857 g/mol. The van der Waals surface area contributed by atoms with E-state index < -0.39 is 57.3 Å². The SMILES string of the molecule is CNC(=O)C[C@H](C(=O)N1C[C@H](Oc2cc(-c3csc(NC(C)C)n3)nc3cc(OC)ccc23)C[C@H]1C(=O)N[C@]12C[C@H]1C=CCCCCCNc1ccccc1S(=O)(=O)NC2=O)C(C)C. The highest BCUT2D eigenvalue weighted by Gasteiger charge is 2.62. The number of nitrogens with one attached hydrogen (secondary N) is 5. The van der Waals surface area contributed by atoms with Gasteiger partial charge in [-0.15, -0.1) is 11.3 Å². The number of ether oxygens (including phenoxy) is 2. The number of allylic oxidation sites excluding steroid dienone is 1. The van der Waals surface area contributed by atoms with Crippen molar-refractivity contribution in [3.8, 4) is 22.9 Å². The van der Waals surface area contributed by atoms with Gasteiger partial charge >= 0.3 is 0 Å². The Hall–Kier alpha value is -5.75. The summed E-state index contributed by atoms with van der Waals surface area (Å²) in [4.78, 5) is 67.5. The molecular formula is C46H58N8O8S2. The van der Waals surface area contributed by atoms with E-state index in [9.17, 15) is 27.6 Å². The molecule has 4 amide bonds. The summed E-state index contributed by atoms with van der Waals surface area (Å²) in [5.74, 6) is -2.74. The molecule has 1 saturated heterocycles. The van der Waals surface area contributed by atoms with Crippen LogP contribution in [0.25, 0.3) is 22.3 Å². The molecule has 1 aliphatic carbocycles. The minimum Gasteiger partial charge on any atom is -0.497 e. The summed E-state index contributed by atoms with van der Waals surface area (Å²) in [5, 5.41) is 15.4. The van der Waals surface area contributed by atoms with Crippen LogP contribution in [0.4, 0.5) is 10.8 Å². The summed E-state index contributed by atoms with van der Waals surface area (Å²) in [6.07, 6.45) is 6.59. The van der Waals surface area contributed by atoms with Crippen molar-refractivity contribution in [2.24, 2.45) is 17.8 Å². The lowest BCUT2D eigenvalue weighted by Gasteiger charge is -2.30. The maximum atomic E-state index is 14.8. The maximum Gasteiger partial charge on any atom is 0.266 e. The predicted octanol–water partition coefficient (Wildman–Crippen LogP) is 5.87. The maximum absolute atomic E-state index is 14.8. The van der Waals surface area contributed by atoms with E-state index >= 15 is 0 Å². The quantitative estimate of drug-likeness (QED) is 0.106. The first kappa shape index (κ1) is 46.2. The van der Waals surface area contributed by atoms with E-state index in [2.05, 4.69) is 26.0 Å². The molecule has 18 heteroatoms. The number of methoxy groups -OCH3 is 1. The Morgan fingerprint density at radius 3 is 2.58 bits per heavy atom. The van der Waals surface area contributed by atoms with Crippen molar-refractivity contribution in [2.45, 2.75) is 101 Å². The van der Waals surface area contributed by atoms with E-state index in [0.717, 1.165) is 30.8 Å². The molecule has 5 atom stereocenters. The summed E-state index contributed by atoms with van der Waals surface area (Å²) in [6.45, 7) is 8.30. The summed E-state index contributed by atoms with van der Waals surface area (Å²) in [7, 11) is -1.31. The Morgan fingerprint density at radius 1 is 1.03 bits per heavy atom. The van der Waals surface area contributed by atoms with Crippen molar-refractivity contribution in [1.29, 1.82) is 0 Å². The van der Waals surface area contributed by atoms with Gasteiger partial charge < -0.3 is 35.6 Å². The highest BCUT2D eigenvalue weighted by molar-refractivity contribution is 7.90. The summed E-state index contributed by atoms with van der Waals surface area (Å²) < 4.78 is 42.3. The molecule has 0 bridgehead atoms. The first-order chi connectivity index (χ1) is 30.6. The number of benzene rings is 2. The number of pyridine rings is 1. The van der Waals surface area contributed by atoms with Crippen LogP contribution in [0, 0.1) is 17.8 Å². The lowest BCUT2D eigenvalue weighted by molar-refractivity contribution is -0.145. The van der Waals surface area contributed by atoms with Crippen molar-refractivity contribution in [3.05, 3.63) is 66.1 Å². The Kier molecular flexibility index (Phi) is 14.1. The average Bonchev–Trinajstić information content (AvgIpc) is 3.52. The van der Waals surface area contributed by atoms with Gasteiger partial charge in [-0.1, -0.05) is 44.6 Å². The number of nitrogens with zero attached hydrogens (tertiary/aromatic N) is 3. The first-order valence-electron chi connectivity index (χ1n) is 21.9. The molecule has 2 fully saturated rings. The molecule has 5 N–H and O–H groups in total. The van der Waals surface area contributed by atoms with E-state index in [0.29, 0.717) is 46.0 Å². The van der Waals surface area contributed by atoms with Crippen LogP contribution in [-0.4, -0.2) is 97.9 Å². The fraction of sp³-hybridized carbons (Fsp3) is 0.478. The predicted molar refractivity (Wildman–Crippen MR) is 247 cm³/mol. The Morgan fingerprint density at radius 2 is 1.83 bits per heavy atom. The fourth-order valence-electron chi connectivity index (χ4n) is 8.36. The van der Waals surface area contributed by atoms with Gasteiger partial charge in [0.2, 0.25) is 17.7 Å². The molecule has 3 aliphatic rings. The van der Waals surface area contributed by atoms with Crippen molar-refractivity contribution < 1.29 is 37.1 Å². The standard InChI is InChI=1S/C46H58N8O8S2/c1-27(2)33(22-41(55)47-5)43(57)54-25-31(62-39-23-36(37-26-63-45(51-37)49-28(3)4)50-35-20-30(61-6)17-18-32(35)39)21-38(54)42(56)52-46-24-29(46)14-10-8-7-9-13-19-48-34-15-11-12-16-40(34)64(59,60)53-44(46)58/h10-12,14-18,20,23,26-29,31,33,38,48H,7-9,13,19,21-22,24-25H2,1-6H3,(H,47,55)(H,49,51)(H,52,56)(H,53,58)/t29-,31-,33+,38+,46-/m1/s1. The number of carbonyl (C=O) groups excluding carboxylic acids is 4. The molecule has 2 aromatic heterocycles. The average molecular weight is 915 g/mol. The lowest BCUT2D eigenvalue weighted by Crippen LogP contribution is -2.57. The van der Waals surface area contributed by atoms with Crippen LogP contribution in [0.2, 0.25) is 0 Å². The Balaban J connectivity index is 1.22. The highest BCUT2D eigenvalue weighted by atomic mass is 32.2. The van der Waals surface area contributed by atoms with Crippen LogP contribution in [0.5, 0.6) is 11.5 Å². The number of thiazole rings is 1. The number of likely N-dealkylation sites (tertiary alicyclic amines) is 1. The van der Waals surface area contributed by atoms with Crippen molar-refractivity contribution in [1.82, 2.24) is 30.2 Å². The van der Waals surface area contributed by atoms with E-state index in [1.165, 1.54) is 29.4 Å². The van der Waals surface area contributed by atoms with Gasteiger partial charge in [0.05, 0.1) is 30.6 Å². The van der Waals surface area contributed by atoms with E-state index in [4.69, 9.17) is 19.4 Å². The lowest BCUT2D eigenvalue weighted by atomic mass is 9.90. The van der Waals surface area contributed by atoms with Crippen LogP contribution < -0.4 is 35.5 Å². The number of sulfonamides is 1. The summed E-state index contributed by atoms with van der Waals surface area (Å²) >= 11 is 1.45. The summed E-state index contributed by atoms with van der Waals surface area (Å²) in [5.41, 5.74) is 0.521. The molecule has 0 radical (unpaired) electrons. The van der Waals surface area contributed by atoms with E-state index in [-0.39, 0.29) is 48.6 Å². The molecule has 16 nitrogen and oxygen atoms in total. The molecule has 4 heterocycles. The molecule has 2 aromatic carbocycles. The van der Waals surface area contributed by atoms with Gasteiger partial charge in [0.25, 0.3) is 15.9 Å². The third-order valence-electron chi connectivity index (χ3n) is 12.0. The van der Waals surface area contributed by atoms with Gasteiger partial charge in [-0.05, 0) is 69.7 Å². The van der Waals surface area contributed by atoms with Crippen LogP contribution >= 0.6 is 11.3 Å². The zero-order valence-corrected chi connectivity index (χ0v) is 38.7. The van der Waals surface area contributed by atoms with E-state index in [1.807, 2.05) is 51.3 Å². The largest absolute Gasteiger partial charge is 0.497 e. The number of fused-ring (bicyclic) bond motifs is 3. The molecule has 0 spiro atoms. The molecule has 0 unspecified atom stereocenters. The fourth-order valence-corrected chi connectivity index (χ4v) is 10.4. The number of carbonyl (C=O) groups is 4. The van der Waals surface area contributed by atoms with Crippen molar-refractivity contribution >= 4 is 66.7 Å². The second-order valence-electron chi connectivity index (χ2n) is 17.3. The number of aromatic nitrogens is 2. The Labute approximate surface area is 378 Å². The van der Waals surface area contributed by atoms with Gasteiger partial charge in [0.1, 0.15) is 39.8 Å². The molecule has 4 aromatic rings. The topological polar surface area (TPSA) is 210 Å². The van der Waals surface area contributed by atoms with Gasteiger partial charge in [-0.3, -0.25) is 19.2 Å². The van der Waals surface area contributed by atoms with Crippen LogP contribution in [0.1, 0.15) is 72.6 Å². The number of rotatable bonds is 12. The number of hydrogen-bond donors (Lipinski definition) is 5. The second-order valence-corrected chi connectivity index (χ2v) is 19.9. The number of amides is 4. The van der Waals surface area contributed by atoms with Crippen LogP contribution in [0.15, 0.2) is 71.0 Å². The number of hydrogen-bond acceptors (Lipinski definition) is 13. The van der Waals surface area contributed by atoms with Crippen LogP contribution in [0.3, 0.4) is 0 Å². The van der Waals surface area contributed by atoms with Crippen molar-refractivity contribution in [3.63, 3.8) is 0 Å². The van der Waals surface area contributed by atoms with Gasteiger partial charge in [-0.25, -0.2) is 23.1 Å². The highest BCUT2D eigenvalue weighted by Crippen LogP contribution is 2.46. The smallest absolute Gasteiger partial charge is 0.266 e. The van der Waals surface area contributed by atoms with Gasteiger partial charge in [0.15, 0.2) is 5.13 Å². The second kappa shape index (κ2) is 19.6. The zero-order valence-electron chi connectivity index (χ0n) is 37.1. The zero-order chi connectivity index (χ0) is 45.8. The Bertz CT molecular complexity index is 2530. The molecule has 7 rings (SSSR count). The summed E-state index contributed by atoms with van der Waals surface area (Å²) in [6, 6.07) is 12.7. The third kappa shape index (κ3) is 10.3. The normalized spacial score (nSPS) is 22.5. The van der Waals surface area contributed by atoms with Crippen LogP contribution in [-0.2, 0) is 29.2 Å². The van der Waals surface area contributed by atoms with Gasteiger partial charge in [-0.2, -0.15) is 0 Å². The molecule has 2 aliphatic heterocycles. The monoisotopic (exact) mass is 914 g/mol. The molecule has 64 heavy (non-hydrogen) atoms.